The SMILES string of the molecule is CC(C)C1CN(C(C)C2CCCC2)CCN1. The Morgan fingerprint density at radius 2 is 1.81 bits per heavy atom. The van der Waals surface area contributed by atoms with Crippen LogP contribution in [0.3, 0.4) is 0 Å². The first-order valence-corrected chi connectivity index (χ1v) is 7.16. The van der Waals surface area contributed by atoms with Crippen LogP contribution in [0.4, 0.5) is 0 Å². The number of rotatable bonds is 3. The molecule has 1 aliphatic heterocycles. The fourth-order valence-electron chi connectivity index (χ4n) is 3.36. The van der Waals surface area contributed by atoms with Crippen molar-refractivity contribution in [2.45, 2.75) is 58.5 Å². The van der Waals surface area contributed by atoms with Gasteiger partial charge in [0.15, 0.2) is 0 Å². The molecule has 0 aromatic rings. The zero-order chi connectivity index (χ0) is 11.5. The van der Waals surface area contributed by atoms with E-state index < -0.39 is 0 Å². The number of nitrogens with one attached hydrogen (secondary N) is 1. The van der Waals surface area contributed by atoms with Gasteiger partial charge in [0.05, 0.1) is 0 Å². The molecule has 2 unspecified atom stereocenters. The van der Waals surface area contributed by atoms with Crippen LogP contribution in [0.25, 0.3) is 0 Å². The fraction of sp³-hybridized carbons (Fsp3) is 1.00. The summed E-state index contributed by atoms with van der Waals surface area (Å²) < 4.78 is 0. The van der Waals surface area contributed by atoms with Gasteiger partial charge in [0, 0.05) is 31.7 Å². The summed E-state index contributed by atoms with van der Waals surface area (Å²) in [5.74, 6) is 1.74. The Kier molecular flexibility index (Phi) is 4.26. The first kappa shape index (κ1) is 12.4. The van der Waals surface area contributed by atoms with Gasteiger partial charge < -0.3 is 5.32 Å². The second-order valence-electron chi connectivity index (χ2n) is 6.08. The molecule has 0 bridgehead atoms. The van der Waals surface area contributed by atoms with Crippen molar-refractivity contribution >= 4 is 0 Å². The summed E-state index contributed by atoms with van der Waals surface area (Å²) in [4.78, 5) is 2.73. The highest BCUT2D eigenvalue weighted by Crippen LogP contribution is 2.30. The van der Waals surface area contributed by atoms with Gasteiger partial charge in [-0.25, -0.2) is 0 Å². The molecule has 0 amide bonds. The molecule has 0 spiro atoms. The lowest BCUT2D eigenvalue weighted by Crippen LogP contribution is -2.56. The Bertz CT molecular complexity index is 209. The average molecular weight is 224 g/mol. The van der Waals surface area contributed by atoms with Crippen LogP contribution in [-0.4, -0.2) is 36.6 Å². The van der Waals surface area contributed by atoms with Crippen LogP contribution < -0.4 is 5.32 Å². The molecule has 1 aliphatic carbocycles. The zero-order valence-electron chi connectivity index (χ0n) is 11.2. The van der Waals surface area contributed by atoms with E-state index in [1.54, 1.807) is 0 Å². The van der Waals surface area contributed by atoms with Gasteiger partial charge in [-0.3, -0.25) is 4.90 Å². The van der Waals surface area contributed by atoms with Crippen LogP contribution in [0, 0.1) is 11.8 Å². The number of nitrogens with zero attached hydrogens (tertiary/aromatic N) is 1. The largest absolute Gasteiger partial charge is 0.311 e. The van der Waals surface area contributed by atoms with E-state index in [2.05, 4.69) is 31.0 Å². The number of hydrogen-bond donors (Lipinski definition) is 1. The second-order valence-corrected chi connectivity index (χ2v) is 6.08. The van der Waals surface area contributed by atoms with E-state index >= 15 is 0 Å². The predicted molar refractivity (Wildman–Crippen MR) is 69.6 cm³/mol. The molecule has 94 valence electrons. The Hall–Kier alpha value is -0.0800. The quantitative estimate of drug-likeness (QED) is 0.792. The van der Waals surface area contributed by atoms with E-state index in [1.807, 2.05) is 0 Å². The van der Waals surface area contributed by atoms with Crippen molar-refractivity contribution in [2.75, 3.05) is 19.6 Å². The third kappa shape index (κ3) is 2.78. The maximum absolute atomic E-state index is 3.65. The van der Waals surface area contributed by atoms with Crippen LogP contribution in [0.5, 0.6) is 0 Å². The van der Waals surface area contributed by atoms with E-state index in [-0.39, 0.29) is 0 Å². The summed E-state index contributed by atoms with van der Waals surface area (Å²) in [6.07, 6.45) is 5.87. The van der Waals surface area contributed by atoms with Crippen LogP contribution >= 0.6 is 0 Å². The van der Waals surface area contributed by atoms with Gasteiger partial charge in [-0.05, 0) is 31.6 Å². The topological polar surface area (TPSA) is 15.3 Å². The smallest absolute Gasteiger partial charge is 0.0218 e. The van der Waals surface area contributed by atoms with Gasteiger partial charge in [-0.15, -0.1) is 0 Å². The van der Waals surface area contributed by atoms with E-state index in [1.165, 1.54) is 45.3 Å². The minimum Gasteiger partial charge on any atom is -0.311 e. The highest BCUT2D eigenvalue weighted by Gasteiger charge is 2.30. The summed E-state index contributed by atoms with van der Waals surface area (Å²) in [6.45, 7) is 10.8. The minimum atomic E-state index is 0.706. The summed E-state index contributed by atoms with van der Waals surface area (Å²) in [5, 5.41) is 3.65. The summed E-state index contributed by atoms with van der Waals surface area (Å²) in [6, 6.07) is 1.52. The van der Waals surface area contributed by atoms with Crippen molar-refractivity contribution in [3.63, 3.8) is 0 Å². The van der Waals surface area contributed by atoms with Crippen LogP contribution in [-0.2, 0) is 0 Å². The first-order valence-electron chi connectivity index (χ1n) is 7.16. The van der Waals surface area contributed by atoms with Gasteiger partial charge in [0.2, 0.25) is 0 Å². The highest BCUT2D eigenvalue weighted by atomic mass is 15.2. The molecule has 0 radical (unpaired) electrons. The lowest BCUT2D eigenvalue weighted by atomic mass is 9.95. The molecule has 1 saturated heterocycles. The van der Waals surface area contributed by atoms with E-state index in [0.717, 1.165) is 17.9 Å². The van der Waals surface area contributed by atoms with Gasteiger partial charge in [0.25, 0.3) is 0 Å². The summed E-state index contributed by atoms with van der Waals surface area (Å²) in [7, 11) is 0. The third-order valence-electron chi connectivity index (χ3n) is 4.70. The van der Waals surface area contributed by atoms with Gasteiger partial charge in [-0.2, -0.15) is 0 Å². The average Bonchev–Trinajstić information content (AvgIpc) is 2.81. The van der Waals surface area contributed by atoms with E-state index in [9.17, 15) is 0 Å². The normalized spacial score (nSPS) is 31.1. The Labute approximate surface area is 101 Å². The second kappa shape index (κ2) is 5.50. The molecule has 1 N–H and O–H groups in total. The lowest BCUT2D eigenvalue weighted by Gasteiger charge is -2.41. The molecule has 0 aromatic heterocycles. The lowest BCUT2D eigenvalue weighted by molar-refractivity contribution is 0.102. The molecule has 2 heteroatoms. The van der Waals surface area contributed by atoms with E-state index in [4.69, 9.17) is 0 Å². The fourth-order valence-corrected chi connectivity index (χ4v) is 3.36. The molecule has 2 fully saturated rings. The molecular formula is C14H28N2. The Balaban J connectivity index is 1.87. The van der Waals surface area contributed by atoms with Crippen LogP contribution in [0.1, 0.15) is 46.5 Å². The molecule has 2 rings (SSSR count). The molecular weight excluding hydrogens is 196 g/mol. The van der Waals surface area contributed by atoms with Crippen molar-refractivity contribution in [1.82, 2.24) is 10.2 Å². The van der Waals surface area contributed by atoms with Crippen molar-refractivity contribution in [3.8, 4) is 0 Å². The molecule has 0 aromatic carbocycles. The van der Waals surface area contributed by atoms with Gasteiger partial charge in [0.1, 0.15) is 0 Å². The maximum atomic E-state index is 3.65. The predicted octanol–water partition coefficient (Wildman–Crippen LogP) is 2.49. The maximum Gasteiger partial charge on any atom is 0.0218 e. The molecule has 2 atom stereocenters. The van der Waals surface area contributed by atoms with E-state index in [0.29, 0.717) is 6.04 Å². The van der Waals surface area contributed by atoms with Crippen LogP contribution in [0.2, 0.25) is 0 Å². The minimum absolute atomic E-state index is 0.706. The Morgan fingerprint density at radius 1 is 1.12 bits per heavy atom. The molecule has 1 saturated carbocycles. The van der Waals surface area contributed by atoms with Crippen LogP contribution in [0.15, 0.2) is 0 Å². The van der Waals surface area contributed by atoms with Crippen molar-refractivity contribution < 1.29 is 0 Å². The first-order chi connectivity index (χ1) is 7.68. The molecule has 16 heavy (non-hydrogen) atoms. The monoisotopic (exact) mass is 224 g/mol. The zero-order valence-corrected chi connectivity index (χ0v) is 11.2. The standard InChI is InChI=1S/C14H28N2/c1-11(2)14-10-16(9-8-15-14)12(3)13-6-4-5-7-13/h11-15H,4-10H2,1-3H3. The summed E-state index contributed by atoms with van der Waals surface area (Å²) in [5.41, 5.74) is 0. The van der Waals surface area contributed by atoms with Gasteiger partial charge in [-0.1, -0.05) is 26.7 Å². The Morgan fingerprint density at radius 3 is 2.44 bits per heavy atom. The number of piperazine rings is 1. The van der Waals surface area contributed by atoms with Crippen molar-refractivity contribution in [3.05, 3.63) is 0 Å². The van der Waals surface area contributed by atoms with Crippen molar-refractivity contribution in [1.29, 1.82) is 0 Å². The number of hydrogen-bond acceptors (Lipinski definition) is 2. The molecule has 2 nitrogen and oxygen atoms in total. The highest BCUT2D eigenvalue weighted by molar-refractivity contribution is 4.87. The summed E-state index contributed by atoms with van der Waals surface area (Å²) >= 11 is 0. The molecule has 2 aliphatic rings. The van der Waals surface area contributed by atoms with Gasteiger partial charge >= 0.3 is 0 Å². The molecule has 1 heterocycles. The van der Waals surface area contributed by atoms with Crippen molar-refractivity contribution in [2.24, 2.45) is 11.8 Å². The third-order valence-corrected chi connectivity index (χ3v) is 4.70.